The van der Waals surface area contributed by atoms with E-state index in [1.165, 1.54) is 12.1 Å². The van der Waals surface area contributed by atoms with Crippen molar-refractivity contribution in [2.75, 3.05) is 0 Å². The van der Waals surface area contributed by atoms with Gasteiger partial charge in [0.15, 0.2) is 0 Å². The smallest absolute Gasteiger partial charge is 0.399 e. The number of rotatable bonds is 2. The largest absolute Gasteiger partial charge is 0.494 e. The quantitative estimate of drug-likeness (QED) is 0.778. The van der Waals surface area contributed by atoms with Crippen LogP contribution in [0.2, 0.25) is 0 Å². The van der Waals surface area contributed by atoms with Crippen LogP contribution in [0.25, 0.3) is 0 Å². The standard InChI is InChI=1S/C14H18BF3O2/c1-12(2)13(3,4)20-15(19-12)11-7-5-6-10(8-11)9-14(16,17)18/h5-8H,9H2,1-4H3. The molecular weight excluding hydrogens is 268 g/mol. The van der Waals surface area contributed by atoms with Gasteiger partial charge in [0.1, 0.15) is 0 Å². The molecule has 0 bridgehead atoms. The summed E-state index contributed by atoms with van der Waals surface area (Å²) in [5.74, 6) is 0. The van der Waals surface area contributed by atoms with E-state index >= 15 is 0 Å². The van der Waals surface area contributed by atoms with Crippen LogP contribution in [0.4, 0.5) is 13.2 Å². The van der Waals surface area contributed by atoms with Gasteiger partial charge < -0.3 is 9.31 Å². The van der Waals surface area contributed by atoms with Crippen LogP contribution in [0.3, 0.4) is 0 Å². The van der Waals surface area contributed by atoms with E-state index in [0.717, 1.165) is 0 Å². The Labute approximate surface area is 117 Å². The van der Waals surface area contributed by atoms with Crippen molar-refractivity contribution in [1.82, 2.24) is 0 Å². The molecule has 1 fully saturated rings. The molecule has 0 radical (unpaired) electrons. The van der Waals surface area contributed by atoms with Crippen molar-refractivity contribution >= 4 is 12.6 Å². The number of benzene rings is 1. The second kappa shape index (κ2) is 4.77. The monoisotopic (exact) mass is 286 g/mol. The maximum atomic E-state index is 12.4. The zero-order valence-corrected chi connectivity index (χ0v) is 12.0. The maximum Gasteiger partial charge on any atom is 0.494 e. The lowest BCUT2D eigenvalue weighted by Crippen LogP contribution is -2.41. The van der Waals surface area contributed by atoms with Gasteiger partial charge in [-0.15, -0.1) is 0 Å². The average molecular weight is 286 g/mol. The first-order valence-corrected chi connectivity index (χ1v) is 6.51. The van der Waals surface area contributed by atoms with Gasteiger partial charge in [0.2, 0.25) is 0 Å². The molecule has 2 nitrogen and oxygen atoms in total. The summed E-state index contributed by atoms with van der Waals surface area (Å²) in [7, 11) is -0.631. The van der Waals surface area contributed by atoms with Crippen LogP contribution in [-0.2, 0) is 15.7 Å². The molecule has 1 aromatic rings. The highest BCUT2D eigenvalue weighted by atomic mass is 19.4. The summed E-state index contributed by atoms with van der Waals surface area (Å²) in [6.07, 6.45) is -5.16. The van der Waals surface area contributed by atoms with Gasteiger partial charge in [-0.3, -0.25) is 0 Å². The van der Waals surface area contributed by atoms with Crippen molar-refractivity contribution in [3.05, 3.63) is 29.8 Å². The van der Waals surface area contributed by atoms with E-state index < -0.39 is 30.9 Å². The average Bonchev–Trinajstić information content (AvgIpc) is 2.46. The molecule has 1 aliphatic rings. The van der Waals surface area contributed by atoms with Gasteiger partial charge >= 0.3 is 13.3 Å². The normalized spacial score (nSPS) is 21.2. The Hall–Kier alpha value is -1.01. The molecule has 2 rings (SSSR count). The lowest BCUT2D eigenvalue weighted by atomic mass is 9.78. The Morgan fingerprint density at radius 2 is 1.60 bits per heavy atom. The van der Waals surface area contributed by atoms with Crippen LogP contribution in [-0.4, -0.2) is 24.5 Å². The van der Waals surface area contributed by atoms with E-state index in [2.05, 4.69) is 0 Å². The van der Waals surface area contributed by atoms with Crippen LogP contribution in [0.5, 0.6) is 0 Å². The van der Waals surface area contributed by atoms with E-state index in [-0.39, 0.29) is 5.56 Å². The Kier molecular flexibility index (Phi) is 3.67. The maximum absolute atomic E-state index is 12.4. The van der Waals surface area contributed by atoms with Crippen molar-refractivity contribution < 1.29 is 22.5 Å². The second-order valence-corrected chi connectivity index (χ2v) is 6.13. The van der Waals surface area contributed by atoms with Crippen LogP contribution < -0.4 is 5.46 Å². The van der Waals surface area contributed by atoms with E-state index in [9.17, 15) is 13.2 Å². The lowest BCUT2D eigenvalue weighted by molar-refractivity contribution is -0.127. The number of hydrogen-bond acceptors (Lipinski definition) is 2. The molecule has 20 heavy (non-hydrogen) atoms. The second-order valence-electron chi connectivity index (χ2n) is 6.13. The summed E-state index contributed by atoms with van der Waals surface area (Å²) in [6, 6.07) is 6.28. The van der Waals surface area contributed by atoms with Gasteiger partial charge in [-0.25, -0.2) is 0 Å². The summed E-state index contributed by atoms with van der Waals surface area (Å²) in [6.45, 7) is 7.64. The zero-order chi connectivity index (χ0) is 15.2. The summed E-state index contributed by atoms with van der Waals surface area (Å²) >= 11 is 0. The van der Waals surface area contributed by atoms with Crippen molar-refractivity contribution in [2.24, 2.45) is 0 Å². The van der Waals surface area contributed by atoms with Crippen LogP contribution in [0.15, 0.2) is 24.3 Å². The number of alkyl halides is 3. The van der Waals surface area contributed by atoms with E-state index in [1.54, 1.807) is 12.1 Å². The Balaban J connectivity index is 2.21. The van der Waals surface area contributed by atoms with Gasteiger partial charge in [-0.2, -0.15) is 13.2 Å². The lowest BCUT2D eigenvalue weighted by Gasteiger charge is -2.32. The highest BCUT2D eigenvalue weighted by Crippen LogP contribution is 2.36. The number of halogens is 3. The minimum Gasteiger partial charge on any atom is -0.399 e. The molecule has 6 heteroatoms. The Morgan fingerprint density at radius 1 is 1.05 bits per heavy atom. The third kappa shape index (κ3) is 3.18. The van der Waals surface area contributed by atoms with E-state index in [0.29, 0.717) is 5.46 Å². The summed E-state index contributed by atoms with van der Waals surface area (Å²) < 4.78 is 49.0. The first-order chi connectivity index (χ1) is 9.00. The predicted octanol–water partition coefficient (Wildman–Crippen LogP) is 3.09. The minimum atomic E-state index is -4.21. The molecule has 0 N–H and O–H groups in total. The fraction of sp³-hybridized carbons (Fsp3) is 0.571. The fourth-order valence-electron chi connectivity index (χ4n) is 2.06. The molecule has 1 aliphatic heterocycles. The Morgan fingerprint density at radius 3 is 2.10 bits per heavy atom. The fourth-order valence-corrected chi connectivity index (χ4v) is 2.06. The predicted molar refractivity (Wildman–Crippen MR) is 71.9 cm³/mol. The summed E-state index contributed by atoms with van der Waals surface area (Å²) in [5, 5.41) is 0. The van der Waals surface area contributed by atoms with Gasteiger partial charge in [0.05, 0.1) is 17.6 Å². The van der Waals surface area contributed by atoms with Gasteiger partial charge in [0.25, 0.3) is 0 Å². The van der Waals surface area contributed by atoms with Gasteiger partial charge in [-0.05, 0) is 38.7 Å². The van der Waals surface area contributed by atoms with Crippen LogP contribution >= 0.6 is 0 Å². The molecule has 0 aromatic heterocycles. The third-order valence-electron chi connectivity index (χ3n) is 3.88. The molecule has 0 amide bonds. The SMILES string of the molecule is CC1(C)OB(c2cccc(CC(F)(F)F)c2)OC1(C)C. The van der Waals surface area contributed by atoms with Gasteiger partial charge in [-0.1, -0.05) is 24.3 Å². The van der Waals surface area contributed by atoms with Gasteiger partial charge in [0, 0.05) is 0 Å². The molecule has 1 heterocycles. The molecule has 0 spiro atoms. The minimum absolute atomic E-state index is 0.213. The van der Waals surface area contributed by atoms with E-state index in [4.69, 9.17) is 9.31 Å². The van der Waals surface area contributed by atoms with Crippen molar-refractivity contribution in [2.45, 2.75) is 51.5 Å². The summed E-state index contributed by atoms with van der Waals surface area (Å²) in [5.41, 5.74) is -0.176. The molecule has 1 saturated heterocycles. The molecule has 0 saturated carbocycles. The number of hydrogen-bond donors (Lipinski definition) is 0. The van der Waals surface area contributed by atoms with Crippen molar-refractivity contribution in [3.63, 3.8) is 0 Å². The molecule has 110 valence electrons. The van der Waals surface area contributed by atoms with Crippen LogP contribution in [0.1, 0.15) is 33.3 Å². The molecule has 0 aliphatic carbocycles. The highest BCUT2D eigenvalue weighted by Gasteiger charge is 2.51. The summed E-state index contributed by atoms with van der Waals surface area (Å²) in [4.78, 5) is 0. The van der Waals surface area contributed by atoms with Crippen LogP contribution in [0, 0.1) is 0 Å². The molecule has 0 atom stereocenters. The molecule has 0 unspecified atom stereocenters. The zero-order valence-electron chi connectivity index (χ0n) is 12.0. The Bertz CT molecular complexity index is 481. The highest BCUT2D eigenvalue weighted by molar-refractivity contribution is 6.62. The third-order valence-corrected chi connectivity index (χ3v) is 3.88. The first kappa shape index (κ1) is 15.4. The topological polar surface area (TPSA) is 18.5 Å². The van der Waals surface area contributed by atoms with Crippen molar-refractivity contribution in [3.8, 4) is 0 Å². The molecular formula is C14H18BF3O2. The van der Waals surface area contributed by atoms with Crippen molar-refractivity contribution in [1.29, 1.82) is 0 Å². The molecule has 1 aromatic carbocycles. The van der Waals surface area contributed by atoms with E-state index in [1.807, 2.05) is 27.7 Å². The first-order valence-electron chi connectivity index (χ1n) is 6.51.